The van der Waals surface area contributed by atoms with Gasteiger partial charge in [-0.05, 0) is 24.2 Å². The van der Waals surface area contributed by atoms with Crippen LogP contribution in [0.5, 0.6) is 0 Å². The SMILES string of the molecule is [2H]c1c([2H])c(C(F)(F)F)c([2H])c([2H])c1C(=O)O. The van der Waals surface area contributed by atoms with Crippen molar-refractivity contribution in [2.24, 2.45) is 0 Å². The number of benzene rings is 1. The minimum atomic E-state index is -5.07. The molecule has 2 nitrogen and oxygen atoms in total. The second-order valence-electron chi connectivity index (χ2n) is 2.05. The summed E-state index contributed by atoms with van der Waals surface area (Å²) in [6.45, 7) is 0. The summed E-state index contributed by atoms with van der Waals surface area (Å²) in [5.74, 6) is -1.81. The van der Waals surface area contributed by atoms with E-state index in [1.807, 2.05) is 0 Å². The molecule has 0 fully saturated rings. The van der Waals surface area contributed by atoms with Gasteiger partial charge in [0.2, 0.25) is 0 Å². The van der Waals surface area contributed by atoms with E-state index < -0.39 is 47.4 Å². The van der Waals surface area contributed by atoms with Crippen LogP contribution in [0.3, 0.4) is 0 Å². The van der Waals surface area contributed by atoms with Crippen LogP contribution in [0.2, 0.25) is 0 Å². The van der Waals surface area contributed by atoms with Gasteiger partial charge in [-0.2, -0.15) is 13.2 Å². The molecular formula is C8H5F3O2. The van der Waals surface area contributed by atoms with Crippen molar-refractivity contribution in [3.05, 3.63) is 35.3 Å². The Morgan fingerprint density at radius 2 is 1.77 bits per heavy atom. The normalized spacial score (nSPS) is 15.6. The smallest absolute Gasteiger partial charge is 0.416 e. The highest BCUT2D eigenvalue weighted by atomic mass is 19.4. The summed E-state index contributed by atoms with van der Waals surface area (Å²) >= 11 is 0. The maximum Gasteiger partial charge on any atom is 0.416 e. The highest BCUT2D eigenvalue weighted by molar-refractivity contribution is 5.87. The number of hydrogen-bond donors (Lipinski definition) is 1. The van der Waals surface area contributed by atoms with Gasteiger partial charge in [-0.25, -0.2) is 4.79 Å². The quantitative estimate of drug-likeness (QED) is 0.745. The van der Waals surface area contributed by atoms with Crippen LogP contribution < -0.4 is 0 Å². The zero-order valence-electron chi connectivity index (χ0n) is 9.99. The number of carbonyl (C=O) groups is 1. The first-order chi connectivity index (χ1) is 7.59. The van der Waals surface area contributed by atoms with E-state index >= 15 is 0 Å². The lowest BCUT2D eigenvalue weighted by atomic mass is 10.1. The Bertz CT molecular complexity index is 470. The molecule has 1 aromatic rings. The maximum absolute atomic E-state index is 12.4. The van der Waals surface area contributed by atoms with E-state index in [2.05, 4.69) is 0 Å². The molecule has 0 saturated heterocycles. The summed E-state index contributed by atoms with van der Waals surface area (Å²) in [5.41, 5.74) is -2.84. The first-order valence-corrected chi connectivity index (χ1v) is 2.99. The third-order valence-corrected chi connectivity index (χ3v) is 1.12. The predicted molar refractivity (Wildman–Crippen MR) is 38.4 cm³/mol. The lowest BCUT2D eigenvalue weighted by Crippen LogP contribution is -2.05. The van der Waals surface area contributed by atoms with Gasteiger partial charge >= 0.3 is 12.1 Å². The van der Waals surface area contributed by atoms with Gasteiger partial charge in [0, 0.05) is 0 Å². The highest BCUT2D eigenvalue weighted by Crippen LogP contribution is 2.28. The molecule has 0 radical (unpaired) electrons. The van der Waals surface area contributed by atoms with Crippen LogP contribution in [-0.2, 0) is 6.18 Å². The molecule has 0 aliphatic heterocycles. The molecule has 0 heterocycles. The molecular weight excluding hydrogens is 185 g/mol. The minimum absolute atomic E-state index is 1.08. The van der Waals surface area contributed by atoms with Crippen molar-refractivity contribution in [3.63, 3.8) is 0 Å². The predicted octanol–water partition coefficient (Wildman–Crippen LogP) is 2.40. The number of alkyl halides is 3. The van der Waals surface area contributed by atoms with E-state index in [1.54, 1.807) is 0 Å². The Hall–Kier alpha value is -1.52. The number of rotatable bonds is 1. The van der Waals surface area contributed by atoms with Gasteiger partial charge in [-0.3, -0.25) is 0 Å². The molecule has 0 spiro atoms. The second-order valence-corrected chi connectivity index (χ2v) is 2.05. The Morgan fingerprint density at radius 3 is 2.08 bits per heavy atom. The third kappa shape index (κ3) is 2.21. The van der Waals surface area contributed by atoms with Crippen molar-refractivity contribution in [2.45, 2.75) is 6.18 Å². The fraction of sp³-hybridized carbons (Fsp3) is 0.125. The number of carboxylic acids is 1. The van der Waals surface area contributed by atoms with Crippen molar-refractivity contribution in [1.29, 1.82) is 0 Å². The van der Waals surface area contributed by atoms with Crippen molar-refractivity contribution in [2.75, 3.05) is 0 Å². The topological polar surface area (TPSA) is 37.3 Å². The summed E-state index contributed by atoms with van der Waals surface area (Å²) in [4.78, 5) is 10.6. The van der Waals surface area contributed by atoms with Gasteiger partial charge in [0.05, 0.1) is 16.6 Å². The molecule has 0 unspecified atom stereocenters. The summed E-state index contributed by atoms with van der Waals surface area (Å²) in [6, 6.07) is -5.25. The van der Waals surface area contributed by atoms with E-state index in [9.17, 15) is 18.0 Å². The molecule has 13 heavy (non-hydrogen) atoms. The fourth-order valence-electron chi connectivity index (χ4n) is 0.561. The second kappa shape index (κ2) is 3.08. The van der Waals surface area contributed by atoms with E-state index in [0.29, 0.717) is 0 Å². The molecule has 0 atom stereocenters. The van der Waals surface area contributed by atoms with Crippen molar-refractivity contribution < 1.29 is 28.6 Å². The maximum atomic E-state index is 12.4. The van der Waals surface area contributed by atoms with Gasteiger partial charge in [-0.1, -0.05) is 0 Å². The third-order valence-electron chi connectivity index (χ3n) is 1.12. The summed E-state index contributed by atoms with van der Waals surface area (Å²) in [5, 5.41) is 8.60. The highest BCUT2D eigenvalue weighted by Gasteiger charge is 2.30. The van der Waals surface area contributed by atoms with Crippen LogP contribution in [0.4, 0.5) is 13.2 Å². The standard InChI is InChI=1S/C8H5F3O2/c9-8(10,11)6-3-1-5(2-4-6)7(12)13/h1-4H,(H,12,13)/i1D,2D,3D,4D. The molecule has 0 aromatic heterocycles. The zero-order chi connectivity index (χ0) is 13.5. The fourth-order valence-corrected chi connectivity index (χ4v) is 0.561. The lowest BCUT2D eigenvalue weighted by Gasteiger charge is -2.05. The number of aromatic carboxylic acids is 1. The largest absolute Gasteiger partial charge is 0.478 e. The van der Waals surface area contributed by atoms with Crippen molar-refractivity contribution in [1.82, 2.24) is 0 Å². The van der Waals surface area contributed by atoms with Crippen LogP contribution in [0, 0.1) is 0 Å². The molecule has 1 rings (SSSR count). The number of halogens is 3. The Kier molecular flexibility index (Phi) is 1.25. The van der Waals surface area contributed by atoms with E-state index in [4.69, 9.17) is 10.6 Å². The number of carboxylic acid groups (broad SMARTS) is 1. The molecule has 0 aliphatic rings. The summed E-state index contributed by atoms with van der Waals surface area (Å²) in [6.07, 6.45) is -5.07. The van der Waals surface area contributed by atoms with Gasteiger partial charge in [-0.15, -0.1) is 0 Å². The first-order valence-electron chi connectivity index (χ1n) is 4.99. The van der Waals surface area contributed by atoms with Crippen LogP contribution in [-0.4, -0.2) is 11.1 Å². The van der Waals surface area contributed by atoms with Gasteiger partial charge in [0.15, 0.2) is 0 Å². The Morgan fingerprint density at radius 1 is 1.31 bits per heavy atom. The van der Waals surface area contributed by atoms with Crippen LogP contribution in [0.1, 0.15) is 21.4 Å². The molecule has 70 valence electrons. The van der Waals surface area contributed by atoms with E-state index in [-0.39, 0.29) is 0 Å². The molecule has 0 bridgehead atoms. The van der Waals surface area contributed by atoms with Gasteiger partial charge in [0.1, 0.15) is 0 Å². The minimum Gasteiger partial charge on any atom is -0.478 e. The zero-order valence-corrected chi connectivity index (χ0v) is 5.99. The molecule has 1 aromatic carbocycles. The summed E-state index contributed by atoms with van der Waals surface area (Å²) in [7, 11) is 0. The van der Waals surface area contributed by atoms with Crippen LogP contribution in [0.25, 0.3) is 0 Å². The average Bonchev–Trinajstić information content (AvgIpc) is 2.12. The molecule has 0 saturated carbocycles. The first kappa shape index (κ1) is 5.26. The van der Waals surface area contributed by atoms with Gasteiger partial charge in [0.25, 0.3) is 0 Å². The van der Waals surface area contributed by atoms with Crippen molar-refractivity contribution >= 4 is 5.97 Å². The molecule has 1 N–H and O–H groups in total. The van der Waals surface area contributed by atoms with E-state index in [1.165, 1.54) is 0 Å². The van der Waals surface area contributed by atoms with E-state index in [0.717, 1.165) is 0 Å². The molecule has 0 aliphatic carbocycles. The van der Waals surface area contributed by atoms with Gasteiger partial charge < -0.3 is 5.11 Å². The number of hydrogen-bond acceptors (Lipinski definition) is 1. The Labute approximate surface area is 77.2 Å². The Balaban J connectivity index is 3.77. The molecule has 0 amide bonds. The lowest BCUT2D eigenvalue weighted by molar-refractivity contribution is -0.137. The monoisotopic (exact) mass is 194 g/mol. The average molecular weight is 194 g/mol. The van der Waals surface area contributed by atoms with Crippen LogP contribution >= 0.6 is 0 Å². The van der Waals surface area contributed by atoms with Crippen LogP contribution in [0.15, 0.2) is 24.2 Å². The summed E-state index contributed by atoms with van der Waals surface area (Å²) < 4.78 is 65.7. The van der Waals surface area contributed by atoms with Crippen molar-refractivity contribution in [3.8, 4) is 0 Å². The molecule has 5 heteroatoms.